The first-order chi connectivity index (χ1) is 11.1. The number of hydrogen-bond donors (Lipinski definition) is 1. The number of guanidine groups is 1. The predicted molar refractivity (Wildman–Crippen MR) is 107 cm³/mol. The van der Waals surface area contributed by atoms with Crippen molar-refractivity contribution in [1.82, 2.24) is 20.0 Å². The summed E-state index contributed by atoms with van der Waals surface area (Å²) in [6.45, 7) is 5.82. The summed E-state index contributed by atoms with van der Waals surface area (Å²) in [5.74, 6) is 0.996. The SMILES string of the molecule is CN=C(NCC1(C)CCCC1)N1CCOC(c2cnn(C)c2)C1.I. The molecular weight excluding hydrogens is 417 g/mol. The summed E-state index contributed by atoms with van der Waals surface area (Å²) in [6.07, 6.45) is 9.34. The average molecular weight is 447 g/mol. The molecule has 1 saturated heterocycles. The number of aryl methyl sites for hydroxylation is 1. The van der Waals surface area contributed by atoms with Crippen molar-refractivity contribution in [3.63, 3.8) is 0 Å². The van der Waals surface area contributed by atoms with E-state index in [1.165, 1.54) is 25.7 Å². The maximum atomic E-state index is 5.92. The average Bonchev–Trinajstić information content (AvgIpc) is 3.17. The van der Waals surface area contributed by atoms with Gasteiger partial charge in [-0.15, -0.1) is 24.0 Å². The highest BCUT2D eigenvalue weighted by Crippen LogP contribution is 2.36. The van der Waals surface area contributed by atoms with E-state index in [-0.39, 0.29) is 30.1 Å². The molecule has 2 heterocycles. The number of ether oxygens (including phenoxy) is 1. The van der Waals surface area contributed by atoms with Crippen molar-refractivity contribution in [3.05, 3.63) is 18.0 Å². The van der Waals surface area contributed by atoms with Crippen molar-refractivity contribution in [2.45, 2.75) is 38.7 Å². The predicted octanol–water partition coefficient (Wildman–Crippen LogP) is 2.57. The van der Waals surface area contributed by atoms with E-state index in [4.69, 9.17) is 4.74 Å². The Kier molecular flexibility index (Phi) is 6.91. The van der Waals surface area contributed by atoms with Crippen molar-refractivity contribution in [2.24, 2.45) is 17.5 Å². The highest BCUT2D eigenvalue weighted by atomic mass is 127. The van der Waals surface area contributed by atoms with Crippen LogP contribution in [0.2, 0.25) is 0 Å². The van der Waals surface area contributed by atoms with Crippen LogP contribution in [0.5, 0.6) is 0 Å². The minimum Gasteiger partial charge on any atom is -0.370 e. The molecule has 136 valence electrons. The van der Waals surface area contributed by atoms with Gasteiger partial charge in [0.25, 0.3) is 0 Å². The number of nitrogens with zero attached hydrogens (tertiary/aromatic N) is 4. The lowest BCUT2D eigenvalue weighted by Gasteiger charge is -2.36. The van der Waals surface area contributed by atoms with Crippen LogP contribution in [-0.4, -0.2) is 53.9 Å². The van der Waals surface area contributed by atoms with Crippen LogP contribution in [-0.2, 0) is 11.8 Å². The molecule has 3 rings (SSSR count). The first-order valence-electron chi connectivity index (χ1n) is 8.65. The molecule has 1 aliphatic heterocycles. The van der Waals surface area contributed by atoms with Crippen LogP contribution in [0.25, 0.3) is 0 Å². The third-order valence-corrected chi connectivity index (χ3v) is 5.16. The summed E-state index contributed by atoms with van der Waals surface area (Å²) in [6, 6.07) is 0. The first kappa shape index (κ1) is 19.5. The molecule has 0 aromatic carbocycles. The zero-order valence-electron chi connectivity index (χ0n) is 15.0. The van der Waals surface area contributed by atoms with Crippen molar-refractivity contribution >= 4 is 29.9 Å². The summed E-state index contributed by atoms with van der Waals surface area (Å²) < 4.78 is 7.75. The topological polar surface area (TPSA) is 54.7 Å². The number of rotatable bonds is 3. The van der Waals surface area contributed by atoms with Crippen LogP contribution < -0.4 is 5.32 Å². The number of aliphatic imine (C=N–C) groups is 1. The number of hydrogen-bond acceptors (Lipinski definition) is 3. The molecule has 2 fully saturated rings. The Balaban J connectivity index is 0.00000208. The van der Waals surface area contributed by atoms with E-state index in [2.05, 4.69) is 27.2 Å². The fourth-order valence-corrected chi connectivity index (χ4v) is 3.68. The number of morpholine rings is 1. The second-order valence-corrected chi connectivity index (χ2v) is 7.17. The van der Waals surface area contributed by atoms with Gasteiger partial charge in [-0.25, -0.2) is 0 Å². The van der Waals surface area contributed by atoms with E-state index in [0.717, 1.165) is 37.8 Å². The molecule has 1 atom stereocenters. The van der Waals surface area contributed by atoms with E-state index in [9.17, 15) is 0 Å². The van der Waals surface area contributed by atoms with Crippen LogP contribution in [0.4, 0.5) is 0 Å². The lowest BCUT2D eigenvalue weighted by Crippen LogP contribution is -2.50. The van der Waals surface area contributed by atoms with Crippen LogP contribution in [0.15, 0.2) is 17.4 Å². The molecule has 0 radical (unpaired) electrons. The maximum Gasteiger partial charge on any atom is 0.193 e. The van der Waals surface area contributed by atoms with Crippen molar-refractivity contribution in [3.8, 4) is 0 Å². The number of nitrogens with one attached hydrogen (secondary N) is 1. The number of aromatic nitrogens is 2. The van der Waals surface area contributed by atoms with E-state index < -0.39 is 0 Å². The van der Waals surface area contributed by atoms with E-state index in [1.54, 1.807) is 0 Å². The standard InChI is InChI=1S/C17H29N5O.HI/c1-17(6-4-5-7-17)13-19-16(18-2)22-8-9-23-15(12-22)14-10-20-21(3)11-14;/h10-11,15H,4-9,12-13H2,1-3H3,(H,18,19);1H. The molecule has 24 heavy (non-hydrogen) atoms. The molecule has 1 N–H and O–H groups in total. The Morgan fingerprint density at radius 1 is 1.46 bits per heavy atom. The van der Waals surface area contributed by atoms with Crippen molar-refractivity contribution in [1.29, 1.82) is 0 Å². The number of halogens is 1. The summed E-state index contributed by atoms with van der Waals surface area (Å²) in [5.41, 5.74) is 1.56. The van der Waals surface area contributed by atoms with Crippen LogP contribution in [0.3, 0.4) is 0 Å². The molecule has 1 saturated carbocycles. The quantitative estimate of drug-likeness (QED) is 0.440. The molecule has 1 unspecified atom stereocenters. The molecule has 0 bridgehead atoms. The Bertz CT molecular complexity index is 553. The Morgan fingerprint density at radius 3 is 2.83 bits per heavy atom. The maximum absolute atomic E-state index is 5.92. The highest BCUT2D eigenvalue weighted by molar-refractivity contribution is 14.0. The lowest BCUT2D eigenvalue weighted by molar-refractivity contribution is -0.00817. The van der Waals surface area contributed by atoms with Crippen molar-refractivity contribution in [2.75, 3.05) is 33.3 Å². The highest BCUT2D eigenvalue weighted by Gasteiger charge is 2.30. The summed E-state index contributed by atoms with van der Waals surface area (Å²) in [7, 11) is 3.81. The van der Waals surface area contributed by atoms with E-state index >= 15 is 0 Å². The molecule has 0 spiro atoms. The van der Waals surface area contributed by atoms with Gasteiger partial charge in [-0.05, 0) is 18.3 Å². The monoisotopic (exact) mass is 447 g/mol. The minimum atomic E-state index is 0. The molecule has 6 nitrogen and oxygen atoms in total. The molecule has 7 heteroatoms. The van der Waals surface area contributed by atoms with Gasteiger partial charge in [0.1, 0.15) is 6.10 Å². The minimum absolute atomic E-state index is 0. The Labute approximate surface area is 162 Å². The largest absolute Gasteiger partial charge is 0.370 e. The van der Waals surface area contributed by atoms with Gasteiger partial charge in [-0.1, -0.05) is 19.8 Å². The molecule has 1 aromatic rings. The normalized spacial score (nSPS) is 23.9. The van der Waals surface area contributed by atoms with Gasteiger partial charge in [0.2, 0.25) is 0 Å². The van der Waals surface area contributed by atoms with Gasteiger partial charge in [0.05, 0.1) is 19.3 Å². The van der Waals surface area contributed by atoms with Gasteiger partial charge in [0.15, 0.2) is 5.96 Å². The third-order valence-electron chi connectivity index (χ3n) is 5.16. The fourth-order valence-electron chi connectivity index (χ4n) is 3.68. The zero-order valence-corrected chi connectivity index (χ0v) is 17.3. The Morgan fingerprint density at radius 2 is 2.21 bits per heavy atom. The summed E-state index contributed by atoms with van der Waals surface area (Å²) in [5, 5.41) is 7.85. The lowest BCUT2D eigenvalue weighted by atomic mass is 9.89. The van der Waals surface area contributed by atoms with Gasteiger partial charge in [-0.3, -0.25) is 9.67 Å². The molecule has 1 aromatic heterocycles. The summed E-state index contributed by atoms with van der Waals surface area (Å²) in [4.78, 5) is 6.80. The van der Waals surface area contributed by atoms with E-state index in [0.29, 0.717) is 5.41 Å². The second-order valence-electron chi connectivity index (χ2n) is 7.17. The zero-order chi connectivity index (χ0) is 16.3. The molecular formula is C17H30IN5O. The van der Waals surface area contributed by atoms with Crippen LogP contribution in [0, 0.1) is 5.41 Å². The van der Waals surface area contributed by atoms with Crippen LogP contribution >= 0.6 is 24.0 Å². The smallest absolute Gasteiger partial charge is 0.193 e. The third kappa shape index (κ3) is 4.62. The fraction of sp³-hybridized carbons (Fsp3) is 0.765. The summed E-state index contributed by atoms with van der Waals surface area (Å²) >= 11 is 0. The first-order valence-corrected chi connectivity index (χ1v) is 8.65. The van der Waals surface area contributed by atoms with Gasteiger partial charge in [0, 0.05) is 38.9 Å². The second kappa shape index (κ2) is 8.51. The van der Waals surface area contributed by atoms with Gasteiger partial charge < -0.3 is 15.0 Å². The van der Waals surface area contributed by atoms with E-state index in [1.807, 2.05) is 31.2 Å². The van der Waals surface area contributed by atoms with Gasteiger partial charge >= 0.3 is 0 Å². The molecule has 2 aliphatic rings. The molecule has 1 aliphatic carbocycles. The van der Waals surface area contributed by atoms with Crippen molar-refractivity contribution < 1.29 is 4.74 Å². The Hall–Kier alpha value is -0.830. The van der Waals surface area contributed by atoms with Crippen LogP contribution in [0.1, 0.15) is 44.3 Å². The van der Waals surface area contributed by atoms with Gasteiger partial charge in [-0.2, -0.15) is 5.10 Å². The molecule has 0 amide bonds.